The second-order valence-corrected chi connectivity index (χ2v) is 5.93. The van der Waals surface area contributed by atoms with Gasteiger partial charge in [-0.25, -0.2) is 0 Å². The molecule has 1 aliphatic heterocycles. The third kappa shape index (κ3) is 2.98. The fourth-order valence-electron chi connectivity index (χ4n) is 2.02. The second-order valence-electron chi connectivity index (χ2n) is 4.67. The molecule has 0 saturated carbocycles. The lowest BCUT2D eigenvalue weighted by Crippen LogP contribution is -2.43. The van der Waals surface area contributed by atoms with Crippen LogP contribution in [0.15, 0.2) is 6.07 Å². The zero-order valence-corrected chi connectivity index (χ0v) is 11.1. The summed E-state index contributed by atoms with van der Waals surface area (Å²) in [5, 5.41) is 3.09. The monoisotopic (exact) mass is 253 g/mol. The molecule has 94 valence electrons. The molecule has 1 fully saturated rings. The molecule has 0 spiro atoms. The molecule has 0 atom stereocenters. The summed E-state index contributed by atoms with van der Waals surface area (Å²) in [6.07, 6.45) is 2.06. The van der Waals surface area contributed by atoms with Crippen LogP contribution in [0.5, 0.6) is 0 Å². The van der Waals surface area contributed by atoms with Crippen molar-refractivity contribution in [1.29, 1.82) is 0 Å². The average molecular weight is 253 g/mol. The van der Waals surface area contributed by atoms with Crippen molar-refractivity contribution in [1.82, 2.24) is 10.2 Å². The zero-order chi connectivity index (χ0) is 12.4. The number of piperidine rings is 1. The summed E-state index contributed by atoms with van der Waals surface area (Å²) < 4.78 is 0. The lowest BCUT2D eigenvalue weighted by Gasteiger charge is -2.29. The molecule has 0 aliphatic carbocycles. The van der Waals surface area contributed by atoms with Gasteiger partial charge in [-0.2, -0.15) is 0 Å². The predicted molar refractivity (Wildman–Crippen MR) is 71.5 cm³/mol. The predicted octanol–water partition coefficient (Wildman–Crippen LogP) is 1.46. The van der Waals surface area contributed by atoms with Gasteiger partial charge in [-0.05, 0) is 46.0 Å². The number of rotatable bonds is 2. The van der Waals surface area contributed by atoms with Crippen molar-refractivity contribution in [2.24, 2.45) is 0 Å². The van der Waals surface area contributed by atoms with Crippen molar-refractivity contribution in [2.75, 3.05) is 25.9 Å². The highest BCUT2D eigenvalue weighted by Crippen LogP contribution is 2.23. The Hall–Kier alpha value is -1.07. The molecule has 0 unspecified atom stereocenters. The van der Waals surface area contributed by atoms with Gasteiger partial charge in [0.1, 0.15) is 0 Å². The Morgan fingerprint density at radius 3 is 2.71 bits per heavy atom. The number of nitrogen functional groups attached to an aromatic ring is 1. The van der Waals surface area contributed by atoms with Crippen molar-refractivity contribution in [3.8, 4) is 0 Å². The maximum atomic E-state index is 12.0. The fourth-order valence-corrected chi connectivity index (χ4v) is 2.86. The van der Waals surface area contributed by atoms with Gasteiger partial charge in [-0.1, -0.05) is 0 Å². The van der Waals surface area contributed by atoms with Crippen LogP contribution in [0, 0.1) is 6.92 Å². The molecule has 2 rings (SSSR count). The zero-order valence-electron chi connectivity index (χ0n) is 10.3. The first-order chi connectivity index (χ1) is 8.06. The number of nitrogens with zero attached hydrogens (tertiary/aromatic N) is 1. The third-order valence-corrected chi connectivity index (χ3v) is 4.30. The van der Waals surface area contributed by atoms with Gasteiger partial charge in [0, 0.05) is 16.6 Å². The van der Waals surface area contributed by atoms with Crippen LogP contribution in [-0.4, -0.2) is 37.0 Å². The molecule has 1 amide bonds. The van der Waals surface area contributed by atoms with E-state index in [4.69, 9.17) is 5.73 Å². The Morgan fingerprint density at radius 1 is 1.53 bits per heavy atom. The van der Waals surface area contributed by atoms with E-state index >= 15 is 0 Å². The van der Waals surface area contributed by atoms with E-state index in [0.29, 0.717) is 11.7 Å². The average Bonchev–Trinajstić information content (AvgIpc) is 2.63. The first kappa shape index (κ1) is 12.4. The van der Waals surface area contributed by atoms with Gasteiger partial charge >= 0.3 is 0 Å². The number of aryl methyl sites for hydroxylation is 1. The second kappa shape index (κ2) is 5.06. The summed E-state index contributed by atoms with van der Waals surface area (Å²) in [4.78, 5) is 16.0. The minimum Gasteiger partial charge on any atom is -0.398 e. The number of nitrogens with one attached hydrogen (secondary N) is 1. The van der Waals surface area contributed by atoms with Crippen molar-refractivity contribution >= 4 is 22.9 Å². The van der Waals surface area contributed by atoms with E-state index in [-0.39, 0.29) is 5.91 Å². The van der Waals surface area contributed by atoms with Crippen LogP contribution in [0.2, 0.25) is 0 Å². The highest BCUT2D eigenvalue weighted by Gasteiger charge is 2.20. The van der Waals surface area contributed by atoms with Crippen molar-refractivity contribution < 1.29 is 4.79 Å². The largest absolute Gasteiger partial charge is 0.398 e. The Labute approximate surface area is 106 Å². The minimum absolute atomic E-state index is 0.0179. The van der Waals surface area contributed by atoms with E-state index in [9.17, 15) is 4.79 Å². The summed E-state index contributed by atoms with van der Waals surface area (Å²) in [5.74, 6) is 0.0179. The van der Waals surface area contributed by atoms with Gasteiger partial charge in [0.2, 0.25) is 0 Å². The Balaban J connectivity index is 1.93. The maximum Gasteiger partial charge on any atom is 0.261 e. The standard InChI is InChI=1S/C12H19N3OS/c1-8-10(13)7-11(17-8)12(16)14-9-3-5-15(2)6-4-9/h7,9H,3-6,13H2,1-2H3,(H,14,16). The lowest BCUT2D eigenvalue weighted by molar-refractivity contribution is 0.0921. The minimum atomic E-state index is 0.0179. The normalized spacial score (nSPS) is 18.2. The van der Waals surface area contributed by atoms with Gasteiger partial charge in [0.15, 0.2) is 0 Å². The number of carbonyl (C=O) groups excluding carboxylic acids is 1. The molecule has 4 nitrogen and oxygen atoms in total. The van der Waals surface area contributed by atoms with Crippen LogP contribution >= 0.6 is 11.3 Å². The van der Waals surface area contributed by atoms with Gasteiger partial charge in [0.05, 0.1) is 4.88 Å². The maximum absolute atomic E-state index is 12.0. The van der Waals surface area contributed by atoms with E-state index in [1.54, 1.807) is 6.07 Å². The highest BCUT2D eigenvalue weighted by molar-refractivity contribution is 7.14. The number of amides is 1. The van der Waals surface area contributed by atoms with Crippen molar-refractivity contribution in [3.63, 3.8) is 0 Å². The van der Waals surface area contributed by atoms with E-state index in [1.807, 2.05) is 6.92 Å². The number of nitrogens with two attached hydrogens (primary N) is 1. The smallest absolute Gasteiger partial charge is 0.261 e. The van der Waals surface area contributed by atoms with Crippen LogP contribution in [0.4, 0.5) is 5.69 Å². The molecule has 3 N–H and O–H groups in total. The summed E-state index contributed by atoms with van der Waals surface area (Å²) in [6, 6.07) is 2.08. The number of likely N-dealkylation sites (tertiary alicyclic amines) is 1. The van der Waals surface area contributed by atoms with Gasteiger partial charge in [0.25, 0.3) is 5.91 Å². The molecule has 1 saturated heterocycles. The van der Waals surface area contributed by atoms with Crippen molar-refractivity contribution in [2.45, 2.75) is 25.8 Å². The van der Waals surface area contributed by atoms with E-state index in [0.717, 1.165) is 35.7 Å². The Morgan fingerprint density at radius 2 is 2.18 bits per heavy atom. The SMILES string of the molecule is Cc1sc(C(=O)NC2CCN(C)CC2)cc1N. The number of carbonyl (C=O) groups is 1. The molecule has 1 aromatic heterocycles. The number of hydrogen-bond acceptors (Lipinski definition) is 4. The summed E-state index contributed by atoms with van der Waals surface area (Å²) in [6.45, 7) is 4.04. The van der Waals surface area contributed by atoms with Crippen LogP contribution in [0.3, 0.4) is 0 Å². The fraction of sp³-hybridized carbons (Fsp3) is 0.583. The molecule has 1 aliphatic rings. The topological polar surface area (TPSA) is 58.4 Å². The number of hydrogen-bond donors (Lipinski definition) is 2. The first-order valence-electron chi connectivity index (χ1n) is 5.91. The van der Waals surface area contributed by atoms with Gasteiger partial charge < -0.3 is 16.0 Å². The number of thiophene rings is 1. The molecule has 17 heavy (non-hydrogen) atoms. The van der Waals surface area contributed by atoms with Gasteiger partial charge in [-0.3, -0.25) is 4.79 Å². The molecule has 0 radical (unpaired) electrons. The Bertz CT molecular complexity index is 388. The number of anilines is 1. The molecule has 0 bridgehead atoms. The first-order valence-corrected chi connectivity index (χ1v) is 6.73. The molecule has 1 aromatic rings. The lowest BCUT2D eigenvalue weighted by atomic mass is 10.1. The Kier molecular flexibility index (Phi) is 3.69. The van der Waals surface area contributed by atoms with E-state index in [1.165, 1.54) is 11.3 Å². The van der Waals surface area contributed by atoms with Crippen LogP contribution in [0.25, 0.3) is 0 Å². The molecular weight excluding hydrogens is 234 g/mol. The summed E-state index contributed by atoms with van der Waals surface area (Å²) in [5.41, 5.74) is 6.47. The van der Waals surface area contributed by atoms with Gasteiger partial charge in [-0.15, -0.1) is 11.3 Å². The van der Waals surface area contributed by atoms with Crippen LogP contribution in [-0.2, 0) is 0 Å². The van der Waals surface area contributed by atoms with Crippen molar-refractivity contribution in [3.05, 3.63) is 15.8 Å². The summed E-state index contributed by atoms with van der Waals surface area (Å²) in [7, 11) is 2.11. The molecular formula is C12H19N3OS. The van der Waals surface area contributed by atoms with Crippen LogP contribution in [0.1, 0.15) is 27.4 Å². The van der Waals surface area contributed by atoms with E-state index in [2.05, 4.69) is 17.3 Å². The van der Waals surface area contributed by atoms with Crippen LogP contribution < -0.4 is 11.1 Å². The quantitative estimate of drug-likeness (QED) is 0.839. The summed E-state index contributed by atoms with van der Waals surface area (Å²) >= 11 is 1.46. The third-order valence-electron chi connectivity index (χ3n) is 3.23. The molecule has 5 heteroatoms. The molecule has 2 heterocycles. The van der Waals surface area contributed by atoms with E-state index < -0.39 is 0 Å². The highest BCUT2D eigenvalue weighted by atomic mass is 32.1. The molecule has 0 aromatic carbocycles.